The molecule has 0 spiro atoms. The van der Waals surface area contributed by atoms with Crippen LogP contribution in [0.15, 0.2) is 24.5 Å². The minimum atomic E-state index is -0.340. The monoisotopic (exact) mass is 285 g/mol. The van der Waals surface area contributed by atoms with Gasteiger partial charge in [-0.3, -0.25) is 9.89 Å². The van der Waals surface area contributed by atoms with Crippen LogP contribution in [0.1, 0.15) is 34.8 Å². The number of anilines is 1. The Morgan fingerprint density at radius 3 is 2.95 bits per heavy atom. The Morgan fingerprint density at radius 1 is 1.48 bits per heavy atom. The van der Waals surface area contributed by atoms with Crippen LogP contribution in [0.5, 0.6) is 0 Å². The average molecular weight is 285 g/mol. The molecule has 0 aliphatic heterocycles. The van der Waals surface area contributed by atoms with Crippen molar-refractivity contribution in [1.29, 1.82) is 0 Å². The third-order valence-electron chi connectivity index (χ3n) is 3.19. The van der Waals surface area contributed by atoms with Crippen LogP contribution < -0.4 is 11.1 Å². The van der Waals surface area contributed by atoms with Crippen molar-refractivity contribution in [3.8, 4) is 0 Å². The Morgan fingerprint density at radius 2 is 2.29 bits per heavy atom. The molecule has 3 rings (SSSR count). The van der Waals surface area contributed by atoms with E-state index < -0.39 is 0 Å². The zero-order chi connectivity index (χ0) is 15.0. The Hall–Kier alpha value is -2.90. The molecule has 108 valence electrons. The smallest absolute Gasteiger partial charge is 0.272 e. The minimum Gasteiger partial charge on any atom is -0.367 e. The van der Waals surface area contributed by atoms with Gasteiger partial charge in [0.1, 0.15) is 17.2 Å². The summed E-state index contributed by atoms with van der Waals surface area (Å²) in [5, 5.41) is 9.21. The fourth-order valence-corrected chi connectivity index (χ4v) is 2.08. The highest BCUT2D eigenvalue weighted by Gasteiger charge is 2.17. The van der Waals surface area contributed by atoms with E-state index >= 15 is 0 Å². The molecule has 1 amide bonds. The maximum absolute atomic E-state index is 12.2. The molecule has 0 unspecified atom stereocenters. The second-order valence-electron chi connectivity index (χ2n) is 4.82. The predicted octanol–water partition coefficient (Wildman–Crippen LogP) is 0.834. The van der Waals surface area contributed by atoms with Crippen molar-refractivity contribution < 1.29 is 4.79 Å². The first kappa shape index (κ1) is 13.1. The second-order valence-corrected chi connectivity index (χ2v) is 4.82. The third-order valence-corrected chi connectivity index (χ3v) is 3.19. The SMILES string of the molecule is Cc1cccn2cc(C(=O)N[C@@H](C)c3nc(N)n[nH]3)nc12. The molecular weight excluding hydrogens is 270 g/mol. The molecule has 8 nitrogen and oxygen atoms in total. The highest BCUT2D eigenvalue weighted by atomic mass is 16.2. The minimum absolute atomic E-state index is 0.148. The number of rotatable bonds is 3. The van der Waals surface area contributed by atoms with Crippen LogP contribution in [-0.4, -0.2) is 30.5 Å². The summed E-state index contributed by atoms with van der Waals surface area (Å²) in [5.74, 6) is 0.371. The second kappa shape index (κ2) is 4.89. The van der Waals surface area contributed by atoms with E-state index in [0.29, 0.717) is 11.5 Å². The molecule has 0 aromatic carbocycles. The molecule has 0 aliphatic carbocycles. The molecule has 0 radical (unpaired) electrons. The zero-order valence-corrected chi connectivity index (χ0v) is 11.7. The molecule has 0 bridgehead atoms. The number of nitrogens with one attached hydrogen (secondary N) is 2. The van der Waals surface area contributed by atoms with Crippen molar-refractivity contribution in [2.75, 3.05) is 5.73 Å². The number of nitrogens with zero attached hydrogens (tertiary/aromatic N) is 4. The fraction of sp³-hybridized carbons (Fsp3) is 0.231. The van der Waals surface area contributed by atoms with Crippen LogP contribution in [0.3, 0.4) is 0 Å². The number of nitrogen functional groups attached to an aromatic ring is 1. The van der Waals surface area contributed by atoms with Crippen LogP contribution in [0, 0.1) is 6.92 Å². The quantitative estimate of drug-likeness (QED) is 0.659. The number of nitrogens with two attached hydrogens (primary N) is 1. The number of imidazole rings is 1. The lowest BCUT2D eigenvalue weighted by Crippen LogP contribution is -2.27. The van der Waals surface area contributed by atoms with Crippen molar-refractivity contribution in [3.05, 3.63) is 41.6 Å². The molecule has 4 N–H and O–H groups in total. The first-order chi connectivity index (χ1) is 10.0. The normalized spacial score (nSPS) is 12.5. The number of amides is 1. The van der Waals surface area contributed by atoms with Crippen LogP contribution in [-0.2, 0) is 0 Å². The van der Waals surface area contributed by atoms with Gasteiger partial charge in [0.2, 0.25) is 5.95 Å². The Balaban J connectivity index is 1.82. The molecule has 3 heterocycles. The van der Waals surface area contributed by atoms with Gasteiger partial charge in [0, 0.05) is 12.4 Å². The van der Waals surface area contributed by atoms with Crippen LogP contribution in [0.25, 0.3) is 5.65 Å². The van der Waals surface area contributed by atoms with E-state index in [4.69, 9.17) is 5.73 Å². The molecule has 21 heavy (non-hydrogen) atoms. The number of hydrogen-bond acceptors (Lipinski definition) is 5. The largest absolute Gasteiger partial charge is 0.367 e. The van der Waals surface area contributed by atoms with Crippen molar-refractivity contribution in [2.45, 2.75) is 19.9 Å². The first-order valence-electron chi connectivity index (χ1n) is 6.47. The molecule has 0 saturated heterocycles. The van der Waals surface area contributed by atoms with Gasteiger partial charge in [0.15, 0.2) is 0 Å². The number of aromatic amines is 1. The maximum atomic E-state index is 12.2. The van der Waals surface area contributed by atoms with Crippen molar-refractivity contribution in [3.63, 3.8) is 0 Å². The topological polar surface area (TPSA) is 114 Å². The molecule has 8 heteroatoms. The summed E-state index contributed by atoms with van der Waals surface area (Å²) in [6.07, 6.45) is 3.55. The number of hydrogen-bond donors (Lipinski definition) is 3. The fourth-order valence-electron chi connectivity index (χ4n) is 2.08. The van der Waals surface area contributed by atoms with Crippen LogP contribution in [0.4, 0.5) is 5.95 Å². The molecule has 0 aliphatic rings. The summed E-state index contributed by atoms with van der Waals surface area (Å²) in [6.45, 7) is 3.74. The summed E-state index contributed by atoms with van der Waals surface area (Å²) in [4.78, 5) is 20.6. The molecular formula is C13H15N7O. The Kier molecular flexibility index (Phi) is 3.05. The van der Waals surface area contributed by atoms with Crippen molar-refractivity contribution >= 4 is 17.5 Å². The van der Waals surface area contributed by atoms with E-state index in [0.717, 1.165) is 11.2 Å². The van der Waals surface area contributed by atoms with Gasteiger partial charge in [-0.1, -0.05) is 6.07 Å². The summed E-state index contributed by atoms with van der Waals surface area (Å²) >= 11 is 0. The number of H-pyrrole nitrogens is 1. The van der Waals surface area contributed by atoms with Gasteiger partial charge in [-0.2, -0.15) is 4.98 Å². The predicted molar refractivity (Wildman–Crippen MR) is 76.6 cm³/mol. The van der Waals surface area contributed by atoms with E-state index in [-0.39, 0.29) is 17.9 Å². The summed E-state index contributed by atoms with van der Waals surface area (Å²) < 4.78 is 1.82. The van der Waals surface area contributed by atoms with Gasteiger partial charge in [0.05, 0.1) is 6.04 Å². The van der Waals surface area contributed by atoms with E-state index in [1.54, 1.807) is 13.1 Å². The zero-order valence-electron chi connectivity index (χ0n) is 11.7. The number of aryl methyl sites for hydroxylation is 1. The van der Waals surface area contributed by atoms with E-state index in [9.17, 15) is 4.79 Å². The van der Waals surface area contributed by atoms with E-state index in [2.05, 4.69) is 25.5 Å². The van der Waals surface area contributed by atoms with Gasteiger partial charge < -0.3 is 15.5 Å². The lowest BCUT2D eigenvalue weighted by Gasteiger charge is -2.09. The van der Waals surface area contributed by atoms with Crippen LogP contribution in [0.2, 0.25) is 0 Å². The number of fused-ring (bicyclic) bond motifs is 1. The number of carbonyl (C=O) groups is 1. The van der Waals surface area contributed by atoms with Gasteiger partial charge in [0.25, 0.3) is 5.91 Å². The third kappa shape index (κ3) is 2.42. The number of pyridine rings is 1. The van der Waals surface area contributed by atoms with Crippen LogP contribution >= 0.6 is 0 Å². The van der Waals surface area contributed by atoms with E-state index in [1.165, 1.54) is 0 Å². The molecule has 3 aromatic rings. The average Bonchev–Trinajstić information content (AvgIpc) is 3.05. The van der Waals surface area contributed by atoms with Gasteiger partial charge in [-0.15, -0.1) is 5.10 Å². The van der Waals surface area contributed by atoms with Gasteiger partial charge >= 0.3 is 0 Å². The Labute approximate surface area is 120 Å². The van der Waals surface area contributed by atoms with E-state index in [1.807, 2.05) is 29.7 Å². The summed E-state index contributed by atoms with van der Waals surface area (Å²) in [6, 6.07) is 3.52. The lowest BCUT2D eigenvalue weighted by molar-refractivity contribution is 0.0934. The highest BCUT2D eigenvalue weighted by Crippen LogP contribution is 2.12. The van der Waals surface area contributed by atoms with Gasteiger partial charge in [-0.25, -0.2) is 4.98 Å². The molecule has 3 aromatic heterocycles. The summed E-state index contributed by atoms with van der Waals surface area (Å²) in [7, 11) is 0. The number of aromatic nitrogens is 5. The lowest BCUT2D eigenvalue weighted by atomic mass is 10.3. The number of carbonyl (C=O) groups excluding carboxylic acids is 1. The highest BCUT2D eigenvalue weighted by molar-refractivity contribution is 5.93. The molecule has 0 saturated carbocycles. The Bertz CT molecular complexity index is 804. The van der Waals surface area contributed by atoms with Crippen molar-refractivity contribution in [1.82, 2.24) is 29.9 Å². The standard InChI is InChI=1S/C13H15N7O/c1-7-4-3-5-20-6-9(16-11(7)20)12(21)15-8(2)10-17-13(14)19-18-10/h3-6,8H,1-2H3,(H,15,21)(H3,14,17,18,19)/t8-/m0/s1. The first-order valence-corrected chi connectivity index (χ1v) is 6.47. The molecule has 0 fully saturated rings. The van der Waals surface area contributed by atoms with Gasteiger partial charge in [-0.05, 0) is 25.5 Å². The molecule has 1 atom stereocenters. The summed E-state index contributed by atoms with van der Waals surface area (Å²) in [5.41, 5.74) is 7.56. The van der Waals surface area contributed by atoms with Crippen molar-refractivity contribution in [2.24, 2.45) is 0 Å². The maximum Gasteiger partial charge on any atom is 0.272 e.